The first-order chi connectivity index (χ1) is 11.8. The zero-order valence-electron chi connectivity index (χ0n) is 12.1. The van der Waals surface area contributed by atoms with E-state index in [1.54, 1.807) is 0 Å². The fourth-order valence-electron chi connectivity index (χ4n) is 1.93. The summed E-state index contributed by atoms with van der Waals surface area (Å²) in [5, 5.41) is 11.9. The van der Waals surface area contributed by atoms with E-state index < -0.39 is 23.7 Å². The minimum Gasteiger partial charge on any atom is -0.406 e. The number of amides is 1. The van der Waals surface area contributed by atoms with Crippen LogP contribution in [0.3, 0.4) is 0 Å². The van der Waals surface area contributed by atoms with Gasteiger partial charge in [-0.2, -0.15) is 28.4 Å². The van der Waals surface area contributed by atoms with Gasteiger partial charge in [0.1, 0.15) is 6.33 Å². The topological polar surface area (TPSA) is 97.7 Å². The Balaban J connectivity index is 1.92. The van der Waals surface area contributed by atoms with Gasteiger partial charge in [0.15, 0.2) is 11.4 Å². The molecule has 1 aromatic carbocycles. The molecule has 130 valence electrons. The number of aromatic nitrogens is 5. The maximum Gasteiger partial charge on any atom is 0.437 e. The van der Waals surface area contributed by atoms with Crippen LogP contribution in [0.1, 0.15) is 5.69 Å². The highest BCUT2D eigenvalue weighted by Gasteiger charge is 2.40. The molecule has 0 atom stereocenters. The Morgan fingerprint density at radius 1 is 1.28 bits per heavy atom. The number of carbonyl (C=O) groups excluding carboxylic acids is 1. The first-order valence-electron chi connectivity index (χ1n) is 6.60. The van der Waals surface area contributed by atoms with E-state index in [-0.39, 0.29) is 11.6 Å². The molecule has 8 nitrogen and oxygen atoms in total. The number of halogens is 4. The highest BCUT2D eigenvalue weighted by atomic mass is 35.5. The molecule has 0 aliphatic rings. The Kier molecular flexibility index (Phi) is 4.31. The first kappa shape index (κ1) is 16.8. The summed E-state index contributed by atoms with van der Waals surface area (Å²) in [6.07, 6.45) is -4.11. The molecule has 0 fully saturated rings. The predicted octanol–water partition coefficient (Wildman–Crippen LogP) is 3.27. The van der Waals surface area contributed by atoms with Crippen molar-refractivity contribution in [1.82, 2.24) is 25.0 Å². The average molecular weight is 373 g/mol. The number of nitrogens with one attached hydrogen (secondary N) is 2. The Morgan fingerprint density at radius 3 is 2.60 bits per heavy atom. The molecule has 2 aromatic heterocycles. The van der Waals surface area contributed by atoms with E-state index in [4.69, 9.17) is 16.3 Å². The summed E-state index contributed by atoms with van der Waals surface area (Å²) in [6.45, 7) is 0. The lowest BCUT2D eigenvalue weighted by Crippen LogP contribution is -2.20. The molecule has 0 aliphatic carbocycles. The van der Waals surface area contributed by atoms with Crippen molar-refractivity contribution in [2.45, 2.75) is 6.18 Å². The number of benzene rings is 1. The Hall–Kier alpha value is -3.08. The van der Waals surface area contributed by atoms with Crippen LogP contribution in [-0.2, 0) is 6.18 Å². The number of ether oxygens (including phenoxy) is 1. The molecule has 1 amide bonds. The molecule has 0 aliphatic heterocycles. The monoisotopic (exact) mass is 372 g/mol. The van der Waals surface area contributed by atoms with Crippen LogP contribution in [-0.4, -0.2) is 31.1 Å². The van der Waals surface area contributed by atoms with Gasteiger partial charge < -0.3 is 4.74 Å². The Labute approximate surface area is 142 Å². The van der Waals surface area contributed by atoms with Gasteiger partial charge in [0.2, 0.25) is 5.95 Å². The third-order valence-electron chi connectivity index (χ3n) is 2.91. The van der Waals surface area contributed by atoms with Crippen LogP contribution in [0.15, 0.2) is 36.8 Å². The van der Waals surface area contributed by atoms with Crippen molar-refractivity contribution < 1.29 is 22.7 Å². The minimum atomic E-state index is -4.82. The lowest BCUT2D eigenvalue weighted by molar-refractivity contribution is -0.143. The van der Waals surface area contributed by atoms with Gasteiger partial charge in [-0.05, 0) is 24.3 Å². The molecule has 0 saturated carbocycles. The van der Waals surface area contributed by atoms with Crippen molar-refractivity contribution in [3.63, 3.8) is 0 Å². The molecule has 3 aromatic rings. The second-order valence-corrected chi connectivity index (χ2v) is 5.03. The maximum absolute atomic E-state index is 13.4. The number of carbonyl (C=O) groups is 1. The zero-order chi connectivity index (χ0) is 18.0. The van der Waals surface area contributed by atoms with Gasteiger partial charge >= 0.3 is 12.3 Å². The van der Waals surface area contributed by atoms with Crippen molar-refractivity contribution in [2.75, 3.05) is 5.32 Å². The van der Waals surface area contributed by atoms with Gasteiger partial charge in [-0.1, -0.05) is 11.6 Å². The lowest BCUT2D eigenvalue weighted by atomic mass is 10.3. The van der Waals surface area contributed by atoms with Crippen molar-refractivity contribution in [3.8, 4) is 11.4 Å². The fourth-order valence-corrected chi connectivity index (χ4v) is 2.06. The Morgan fingerprint density at radius 2 is 2.00 bits per heavy atom. The second kappa shape index (κ2) is 6.43. The largest absolute Gasteiger partial charge is 0.437 e. The van der Waals surface area contributed by atoms with Gasteiger partial charge in [0.25, 0.3) is 0 Å². The van der Waals surface area contributed by atoms with Crippen LogP contribution in [0.4, 0.5) is 23.9 Å². The molecule has 0 saturated heterocycles. The van der Waals surface area contributed by atoms with Crippen molar-refractivity contribution in [3.05, 3.63) is 47.5 Å². The molecular formula is C13H8ClF3N6O2. The molecular weight excluding hydrogens is 365 g/mol. The lowest BCUT2D eigenvalue weighted by Gasteiger charge is -2.12. The van der Waals surface area contributed by atoms with Crippen molar-refractivity contribution in [2.24, 2.45) is 0 Å². The fraction of sp³-hybridized carbons (Fsp3) is 0.0769. The number of aromatic amines is 1. The molecule has 3 rings (SSSR count). The summed E-state index contributed by atoms with van der Waals surface area (Å²) in [5.74, 6) is -0.844. The summed E-state index contributed by atoms with van der Waals surface area (Å²) < 4.78 is 45.5. The summed E-state index contributed by atoms with van der Waals surface area (Å²) in [4.78, 5) is 15.3. The molecule has 12 heteroatoms. The van der Waals surface area contributed by atoms with Gasteiger partial charge in [0.05, 0.1) is 11.9 Å². The van der Waals surface area contributed by atoms with E-state index >= 15 is 0 Å². The summed E-state index contributed by atoms with van der Waals surface area (Å²) in [6, 6.07) is 5.53. The summed E-state index contributed by atoms with van der Waals surface area (Å²) >= 11 is 5.73. The van der Waals surface area contributed by atoms with Crippen molar-refractivity contribution in [1.29, 1.82) is 0 Å². The van der Waals surface area contributed by atoms with Gasteiger partial charge in [0, 0.05) is 5.02 Å². The van der Waals surface area contributed by atoms with Crippen LogP contribution in [0.5, 0.6) is 5.75 Å². The smallest absolute Gasteiger partial charge is 0.406 e. The number of H-pyrrole nitrogens is 1. The second-order valence-electron chi connectivity index (χ2n) is 4.59. The van der Waals surface area contributed by atoms with Crippen LogP contribution < -0.4 is 10.1 Å². The van der Waals surface area contributed by atoms with E-state index in [9.17, 15) is 18.0 Å². The first-order valence-corrected chi connectivity index (χ1v) is 6.98. The number of rotatable bonds is 3. The molecule has 0 unspecified atom stereocenters. The molecule has 0 radical (unpaired) electrons. The summed E-state index contributed by atoms with van der Waals surface area (Å²) in [7, 11) is 0. The number of alkyl halides is 3. The van der Waals surface area contributed by atoms with E-state index in [1.807, 2.05) is 0 Å². The molecule has 2 N–H and O–H groups in total. The van der Waals surface area contributed by atoms with E-state index in [1.165, 1.54) is 24.3 Å². The number of hydrogen-bond donors (Lipinski definition) is 2. The molecule has 0 bridgehead atoms. The van der Waals surface area contributed by atoms with Gasteiger partial charge in [-0.3, -0.25) is 5.32 Å². The van der Waals surface area contributed by atoms with E-state index in [2.05, 4.69) is 25.6 Å². The van der Waals surface area contributed by atoms with Crippen LogP contribution in [0.25, 0.3) is 5.69 Å². The number of anilines is 1. The Bertz CT molecular complexity index is 876. The highest BCUT2D eigenvalue weighted by molar-refractivity contribution is 6.30. The highest BCUT2D eigenvalue weighted by Crippen LogP contribution is 2.37. The zero-order valence-corrected chi connectivity index (χ0v) is 12.8. The third kappa shape index (κ3) is 3.71. The summed E-state index contributed by atoms with van der Waals surface area (Å²) in [5.41, 5.74) is -1.15. The average Bonchev–Trinajstić information content (AvgIpc) is 3.17. The van der Waals surface area contributed by atoms with E-state index in [0.29, 0.717) is 9.70 Å². The normalized spacial score (nSPS) is 11.4. The van der Waals surface area contributed by atoms with E-state index in [0.717, 1.165) is 12.5 Å². The quantitative estimate of drug-likeness (QED) is 0.735. The maximum atomic E-state index is 13.4. The predicted molar refractivity (Wildman–Crippen MR) is 79.6 cm³/mol. The SMILES string of the molecule is O=C(Nc1ncn[nH]1)Oc1cnn(-c2ccc(Cl)cc2)c1C(F)(F)F. The van der Waals surface area contributed by atoms with Crippen LogP contribution in [0, 0.1) is 0 Å². The standard InChI is InChI=1S/C13H8ClF3N6O2/c14-7-1-3-8(4-2-7)23-10(13(15,16)17)9(5-20-23)25-12(24)21-11-18-6-19-22-11/h1-6H,(H2,18,19,21,22,24). The minimum absolute atomic E-state index is 0.0800. The molecule has 0 spiro atoms. The van der Waals surface area contributed by atoms with Crippen LogP contribution >= 0.6 is 11.6 Å². The number of nitrogens with zero attached hydrogens (tertiary/aromatic N) is 4. The number of hydrogen-bond acceptors (Lipinski definition) is 5. The third-order valence-corrected chi connectivity index (χ3v) is 3.17. The molecule has 25 heavy (non-hydrogen) atoms. The van der Waals surface area contributed by atoms with Crippen molar-refractivity contribution >= 4 is 23.6 Å². The van der Waals surface area contributed by atoms with Gasteiger partial charge in [-0.15, -0.1) is 0 Å². The molecule has 2 heterocycles. The van der Waals surface area contributed by atoms with Gasteiger partial charge in [-0.25, -0.2) is 14.6 Å². The van der Waals surface area contributed by atoms with Crippen LogP contribution in [0.2, 0.25) is 5.02 Å².